The van der Waals surface area contributed by atoms with Gasteiger partial charge in [0.25, 0.3) is 5.91 Å². The molecule has 0 aliphatic carbocycles. The number of fused-ring (bicyclic) bond motifs is 1. The Morgan fingerprint density at radius 3 is 2.71 bits per heavy atom. The van der Waals surface area contributed by atoms with E-state index in [-0.39, 0.29) is 17.2 Å². The van der Waals surface area contributed by atoms with E-state index in [0.29, 0.717) is 5.82 Å². The number of hydroxylamine groups is 1. The lowest BCUT2D eigenvalue weighted by Gasteiger charge is -2.19. The molecule has 0 atom stereocenters. The van der Waals surface area contributed by atoms with Crippen LogP contribution in [0, 0.1) is 0 Å². The number of anilines is 2. The van der Waals surface area contributed by atoms with Crippen LogP contribution < -0.4 is 21.0 Å². The van der Waals surface area contributed by atoms with E-state index in [9.17, 15) is 13.2 Å². The van der Waals surface area contributed by atoms with Crippen LogP contribution in [0.4, 0.5) is 11.5 Å². The Hall–Kier alpha value is -3.33. The first-order valence-corrected chi connectivity index (χ1v) is 10.2. The minimum atomic E-state index is -3.48. The van der Waals surface area contributed by atoms with Gasteiger partial charge in [-0.25, -0.2) is 13.4 Å². The van der Waals surface area contributed by atoms with Crippen molar-refractivity contribution in [3.63, 3.8) is 0 Å². The number of nitrogens with zero attached hydrogens (tertiary/aromatic N) is 2. The average Bonchev–Trinajstić information content (AvgIpc) is 2.66. The van der Waals surface area contributed by atoms with Gasteiger partial charge in [0.2, 0.25) is 0 Å². The molecule has 0 unspecified atom stereocenters. The lowest BCUT2D eigenvalue weighted by molar-refractivity contribution is -0.126. The van der Waals surface area contributed by atoms with Crippen molar-refractivity contribution in [2.24, 2.45) is 0 Å². The molecule has 8 nitrogen and oxygen atoms in total. The number of amides is 1. The number of aromatic nitrogens is 1. The van der Waals surface area contributed by atoms with Crippen LogP contribution in [-0.2, 0) is 14.6 Å². The number of carbonyl (C=O) groups is 1. The number of nitrogens with two attached hydrogens (primary N) is 1. The number of benzene rings is 2. The zero-order valence-electron chi connectivity index (χ0n) is 15.4. The van der Waals surface area contributed by atoms with Gasteiger partial charge < -0.3 is 15.5 Å². The fourth-order valence-electron chi connectivity index (χ4n) is 2.71. The molecule has 9 heteroatoms. The van der Waals surface area contributed by atoms with Gasteiger partial charge in [-0.15, -0.1) is 0 Å². The average molecular weight is 400 g/mol. The van der Waals surface area contributed by atoms with Crippen molar-refractivity contribution in [2.75, 3.05) is 30.5 Å². The molecule has 0 aliphatic rings. The Kier molecular flexibility index (Phi) is 5.36. The van der Waals surface area contributed by atoms with Crippen LogP contribution in [0.3, 0.4) is 0 Å². The van der Waals surface area contributed by atoms with Crippen LogP contribution in [0.15, 0.2) is 59.6 Å². The van der Waals surface area contributed by atoms with Crippen LogP contribution in [-0.4, -0.2) is 39.2 Å². The van der Waals surface area contributed by atoms with E-state index in [4.69, 9.17) is 10.6 Å². The fourth-order valence-corrected chi connectivity index (χ4v) is 3.51. The molecule has 0 saturated heterocycles. The summed E-state index contributed by atoms with van der Waals surface area (Å²) in [6, 6.07) is 13.6. The van der Waals surface area contributed by atoms with E-state index in [1.165, 1.54) is 12.1 Å². The van der Waals surface area contributed by atoms with Crippen molar-refractivity contribution in [3.8, 4) is 5.75 Å². The normalized spacial score (nSPS) is 11.2. The van der Waals surface area contributed by atoms with E-state index in [2.05, 4.69) is 10.5 Å². The molecule has 3 N–H and O–H groups in total. The molecule has 0 bridgehead atoms. The van der Waals surface area contributed by atoms with Gasteiger partial charge in [-0.05, 0) is 35.7 Å². The van der Waals surface area contributed by atoms with Gasteiger partial charge in [0.15, 0.2) is 15.6 Å². The quantitative estimate of drug-likeness (QED) is 0.606. The zero-order valence-corrected chi connectivity index (χ0v) is 16.2. The summed E-state index contributed by atoms with van der Waals surface area (Å²) in [4.78, 5) is 23.2. The van der Waals surface area contributed by atoms with E-state index >= 15 is 0 Å². The molecule has 0 radical (unpaired) electrons. The van der Waals surface area contributed by atoms with Crippen molar-refractivity contribution >= 4 is 38.0 Å². The molecule has 0 fully saturated rings. The predicted octanol–water partition coefficient (Wildman–Crippen LogP) is 1.77. The molecular weight excluding hydrogens is 380 g/mol. The van der Waals surface area contributed by atoms with Crippen LogP contribution in [0.1, 0.15) is 0 Å². The number of nitrogen functional groups attached to an aromatic ring is 1. The molecular formula is C19H20N4O4S. The molecule has 28 heavy (non-hydrogen) atoms. The SMILES string of the molecule is CN(CC(=O)NOc1ccccc1S(C)(=O)=O)c1ccc2ccnc(N)c2c1. The highest BCUT2D eigenvalue weighted by Gasteiger charge is 2.15. The van der Waals surface area contributed by atoms with Crippen molar-refractivity contribution in [3.05, 3.63) is 54.7 Å². The molecule has 0 aliphatic heterocycles. The maximum absolute atomic E-state index is 12.2. The summed E-state index contributed by atoms with van der Waals surface area (Å²) in [6.45, 7) is -0.00723. The zero-order chi connectivity index (χ0) is 20.3. The molecule has 0 saturated carbocycles. The minimum absolute atomic E-state index is 0.00107. The standard InChI is InChI=1S/C19H20N4O4S/c1-23(14-8-7-13-9-10-21-19(20)15(13)11-14)12-18(24)22-27-16-5-3-4-6-17(16)28(2,25)26/h3-11H,12H2,1-2H3,(H2,20,21)(H,22,24). The van der Waals surface area contributed by atoms with Crippen LogP contribution in [0.25, 0.3) is 10.8 Å². The number of sulfone groups is 1. The Balaban J connectivity index is 1.68. The van der Waals surface area contributed by atoms with E-state index < -0.39 is 15.7 Å². The number of nitrogens with one attached hydrogen (secondary N) is 1. The second-order valence-electron chi connectivity index (χ2n) is 6.30. The summed E-state index contributed by atoms with van der Waals surface area (Å²) in [5.41, 5.74) is 8.97. The smallest absolute Gasteiger partial charge is 0.272 e. The monoisotopic (exact) mass is 400 g/mol. The summed E-state index contributed by atoms with van der Waals surface area (Å²) < 4.78 is 23.6. The molecule has 146 valence electrons. The fraction of sp³-hybridized carbons (Fsp3) is 0.158. The summed E-state index contributed by atoms with van der Waals surface area (Å²) in [7, 11) is -1.73. The van der Waals surface area contributed by atoms with E-state index in [0.717, 1.165) is 22.7 Å². The van der Waals surface area contributed by atoms with Crippen molar-refractivity contribution < 1.29 is 18.0 Å². The summed E-state index contributed by atoms with van der Waals surface area (Å²) in [6.07, 6.45) is 2.71. The van der Waals surface area contributed by atoms with Crippen LogP contribution >= 0.6 is 0 Å². The highest BCUT2D eigenvalue weighted by atomic mass is 32.2. The summed E-state index contributed by atoms with van der Waals surface area (Å²) in [5, 5.41) is 1.75. The maximum atomic E-state index is 12.2. The second kappa shape index (κ2) is 7.73. The number of hydrogen-bond donors (Lipinski definition) is 2. The first-order valence-electron chi connectivity index (χ1n) is 8.36. The molecule has 1 amide bonds. The van der Waals surface area contributed by atoms with Crippen molar-refractivity contribution in [1.82, 2.24) is 10.5 Å². The van der Waals surface area contributed by atoms with Gasteiger partial charge in [-0.3, -0.25) is 4.79 Å². The van der Waals surface area contributed by atoms with E-state index in [1.807, 2.05) is 24.3 Å². The number of likely N-dealkylation sites (N-methyl/N-ethyl adjacent to an activating group) is 1. The lowest BCUT2D eigenvalue weighted by Crippen LogP contribution is -2.37. The second-order valence-corrected chi connectivity index (χ2v) is 8.29. The maximum Gasteiger partial charge on any atom is 0.272 e. The van der Waals surface area contributed by atoms with Crippen LogP contribution in [0.5, 0.6) is 5.75 Å². The molecule has 3 aromatic rings. The number of para-hydroxylation sites is 1. The Bertz CT molecular complexity index is 1130. The molecule has 1 heterocycles. The highest BCUT2D eigenvalue weighted by Crippen LogP contribution is 2.25. The van der Waals surface area contributed by atoms with E-state index in [1.54, 1.807) is 30.3 Å². The van der Waals surface area contributed by atoms with Gasteiger partial charge in [0.1, 0.15) is 10.7 Å². The molecule has 2 aromatic carbocycles. The Morgan fingerprint density at radius 2 is 1.96 bits per heavy atom. The third-order valence-corrected chi connectivity index (χ3v) is 5.26. The topological polar surface area (TPSA) is 115 Å². The number of hydrogen-bond acceptors (Lipinski definition) is 7. The highest BCUT2D eigenvalue weighted by molar-refractivity contribution is 7.90. The van der Waals surface area contributed by atoms with Crippen molar-refractivity contribution in [2.45, 2.75) is 4.90 Å². The Labute approximate surface area is 162 Å². The first-order chi connectivity index (χ1) is 13.3. The third-order valence-electron chi connectivity index (χ3n) is 4.13. The largest absolute Gasteiger partial charge is 0.383 e. The predicted molar refractivity (Wildman–Crippen MR) is 108 cm³/mol. The first kappa shape index (κ1) is 19.4. The van der Waals surface area contributed by atoms with Crippen LogP contribution in [0.2, 0.25) is 0 Å². The molecule has 3 rings (SSSR count). The Morgan fingerprint density at radius 1 is 1.21 bits per heavy atom. The third kappa shape index (κ3) is 4.32. The number of rotatable bonds is 6. The minimum Gasteiger partial charge on any atom is -0.383 e. The van der Waals surface area contributed by atoms with Gasteiger partial charge in [-0.2, -0.15) is 5.48 Å². The number of pyridine rings is 1. The van der Waals surface area contributed by atoms with Gasteiger partial charge >= 0.3 is 0 Å². The van der Waals surface area contributed by atoms with Gasteiger partial charge in [-0.1, -0.05) is 18.2 Å². The van der Waals surface area contributed by atoms with Crippen molar-refractivity contribution in [1.29, 1.82) is 0 Å². The van der Waals surface area contributed by atoms with Gasteiger partial charge in [0, 0.05) is 30.6 Å². The summed E-state index contributed by atoms with van der Waals surface area (Å²) >= 11 is 0. The molecule has 0 spiro atoms. The number of carbonyl (C=O) groups excluding carboxylic acids is 1. The van der Waals surface area contributed by atoms with Gasteiger partial charge in [0.05, 0.1) is 6.54 Å². The summed E-state index contributed by atoms with van der Waals surface area (Å²) in [5.74, 6) is 0.0357. The lowest BCUT2D eigenvalue weighted by atomic mass is 10.1. The molecule has 1 aromatic heterocycles.